The van der Waals surface area contributed by atoms with Gasteiger partial charge in [-0.1, -0.05) is 6.07 Å². The molecule has 0 saturated carbocycles. The summed E-state index contributed by atoms with van der Waals surface area (Å²) >= 11 is 1.10. The van der Waals surface area contributed by atoms with Crippen LogP contribution in [0.15, 0.2) is 18.2 Å². The first-order valence-electron chi connectivity index (χ1n) is 7.46. The molecule has 1 rings (SSSR count). The van der Waals surface area contributed by atoms with E-state index in [1.54, 1.807) is 5.32 Å². The zero-order valence-electron chi connectivity index (χ0n) is 14.3. The van der Waals surface area contributed by atoms with Crippen LogP contribution in [-0.2, 0) is 29.7 Å². The predicted molar refractivity (Wildman–Crippen MR) is 91.4 cm³/mol. The lowest BCUT2D eigenvalue weighted by atomic mass is 10.00. The smallest absolute Gasteiger partial charge is 0.417 e. The minimum atomic E-state index is -5.35. The van der Waals surface area contributed by atoms with Gasteiger partial charge >= 0.3 is 30.4 Å². The van der Waals surface area contributed by atoms with Crippen molar-refractivity contribution in [1.29, 1.82) is 0 Å². The Morgan fingerprint density at radius 1 is 1.03 bits per heavy atom. The normalized spacial score (nSPS) is 12.6. The van der Waals surface area contributed by atoms with E-state index in [-0.39, 0.29) is 12.1 Å². The topological polar surface area (TPSA) is 119 Å². The van der Waals surface area contributed by atoms with E-state index in [0.29, 0.717) is 6.07 Å². The molecule has 0 unspecified atom stereocenters. The Kier molecular flexibility index (Phi) is 8.43. The monoisotopic (exact) mass is 557 g/mol. The molecule has 0 aromatic heterocycles. The first-order valence-corrected chi connectivity index (χ1v) is 8.34. The number of esters is 1. The fourth-order valence-corrected chi connectivity index (χ4v) is 2.27. The molecule has 30 heavy (non-hydrogen) atoms. The van der Waals surface area contributed by atoms with Crippen molar-refractivity contribution in [2.45, 2.75) is 24.8 Å². The van der Waals surface area contributed by atoms with Crippen molar-refractivity contribution in [2.24, 2.45) is 0 Å². The number of alkyl halides is 6. The number of aliphatic carboxylic acids is 1. The number of carboxylic acid groups (broad SMARTS) is 1. The molecule has 0 spiro atoms. The van der Waals surface area contributed by atoms with Gasteiger partial charge in [0.2, 0.25) is 0 Å². The third kappa shape index (κ3) is 7.03. The molecule has 1 aromatic carbocycles. The summed E-state index contributed by atoms with van der Waals surface area (Å²) in [6.07, 6.45) is -13.0. The Morgan fingerprint density at radius 2 is 1.53 bits per heavy atom. The van der Waals surface area contributed by atoms with Crippen molar-refractivity contribution in [1.82, 2.24) is 5.32 Å². The van der Waals surface area contributed by atoms with Crippen LogP contribution < -0.4 is 5.32 Å². The van der Waals surface area contributed by atoms with Crippen molar-refractivity contribution < 1.29 is 58.4 Å². The summed E-state index contributed by atoms with van der Waals surface area (Å²) in [4.78, 5) is 45.9. The zero-order valence-corrected chi connectivity index (χ0v) is 16.4. The highest BCUT2D eigenvalue weighted by atomic mass is 127. The van der Waals surface area contributed by atoms with Crippen LogP contribution in [0.3, 0.4) is 0 Å². The van der Waals surface area contributed by atoms with Gasteiger partial charge in [-0.15, -0.1) is 0 Å². The van der Waals surface area contributed by atoms with E-state index >= 15 is 0 Å². The Balaban J connectivity index is 3.16. The molecule has 0 radical (unpaired) electrons. The summed E-state index contributed by atoms with van der Waals surface area (Å²) in [5, 5.41) is 10.5. The zero-order chi connectivity index (χ0) is 23.3. The van der Waals surface area contributed by atoms with Crippen molar-refractivity contribution in [2.75, 3.05) is 6.61 Å². The summed E-state index contributed by atoms with van der Waals surface area (Å²) in [5.74, 6) is -5.02. The molecule has 0 fully saturated rings. The molecular formula is C15H10F6INO7. The third-order valence-corrected chi connectivity index (χ3v) is 3.75. The van der Waals surface area contributed by atoms with E-state index in [2.05, 4.69) is 7.80 Å². The minimum Gasteiger partial charge on any atom is -0.481 e. The van der Waals surface area contributed by atoms with E-state index in [0.717, 1.165) is 23.0 Å². The van der Waals surface area contributed by atoms with Gasteiger partial charge in [0.25, 0.3) is 0 Å². The Morgan fingerprint density at radius 3 is 1.93 bits per heavy atom. The number of benzene rings is 1. The maximum Gasteiger partial charge on any atom is 0.417 e. The van der Waals surface area contributed by atoms with Crippen LogP contribution in [-0.4, -0.2) is 41.6 Å². The summed E-state index contributed by atoms with van der Waals surface area (Å²) < 4.78 is 86.8. The average molecular weight is 557 g/mol. The van der Waals surface area contributed by atoms with Crippen LogP contribution in [0.4, 0.5) is 31.1 Å². The van der Waals surface area contributed by atoms with Gasteiger partial charge in [0.15, 0.2) is 35.4 Å². The first-order chi connectivity index (χ1) is 13.7. The van der Waals surface area contributed by atoms with Crippen LogP contribution >= 0.6 is 23.0 Å². The van der Waals surface area contributed by atoms with E-state index in [9.17, 15) is 45.5 Å². The van der Waals surface area contributed by atoms with Gasteiger partial charge in [-0.25, -0.2) is 9.59 Å². The Bertz CT molecular complexity index is 807. The van der Waals surface area contributed by atoms with Crippen molar-refractivity contribution >= 4 is 46.8 Å². The molecule has 0 aliphatic heterocycles. The van der Waals surface area contributed by atoms with E-state index in [4.69, 9.17) is 5.11 Å². The van der Waals surface area contributed by atoms with Crippen LogP contribution in [0.1, 0.15) is 27.9 Å². The first kappa shape index (κ1) is 25.4. The van der Waals surface area contributed by atoms with Crippen LogP contribution in [0, 0.1) is 0 Å². The van der Waals surface area contributed by atoms with E-state index < -0.39 is 71.9 Å². The predicted octanol–water partition coefficient (Wildman–Crippen LogP) is 3.37. The van der Waals surface area contributed by atoms with Crippen LogP contribution in [0.5, 0.6) is 0 Å². The summed E-state index contributed by atoms with van der Waals surface area (Å²) in [5.41, 5.74) is -5.74. The van der Waals surface area contributed by atoms with Gasteiger partial charge in [-0.3, -0.25) is 9.59 Å². The highest BCUT2D eigenvalue weighted by Gasteiger charge is 2.43. The quantitative estimate of drug-likeness (QED) is 0.300. The Labute approximate surface area is 177 Å². The van der Waals surface area contributed by atoms with Gasteiger partial charge in [0.05, 0.1) is 23.1 Å². The van der Waals surface area contributed by atoms with Gasteiger partial charge < -0.3 is 18.2 Å². The standard InChI is InChI=1S/C15H10F6INO7/c16-14(17,18)6-2-1-3-7(15(19,20)21)11(6)12(27)29-5-9(24)8(4-10(25)26)23-13(28)30-22/h1-3,8H,4-5H2,(H,23,28)(H,25,26)/t8-/m0/s1. The lowest BCUT2D eigenvalue weighted by molar-refractivity contribution is -0.144. The second-order valence-electron chi connectivity index (χ2n) is 5.43. The van der Waals surface area contributed by atoms with E-state index in [1.807, 2.05) is 0 Å². The van der Waals surface area contributed by atoms with Gasteiger partial charge in [-0.05, 0) is 12.1 Å². The third-order valence-electron chi connectivity index (χ3n) is 3.35. The number of carbonyl (C=O) groups is 4. The van der Waals surface area contributed by atoms with Crippen molar-refractivity contribution in [3.8, 4) is 0 Å². The number of carbonyl (C=O) groups excluding carboxylic acids is 3. The average Bonchev–Trinajstić information content (AvgIpc) is 2.62. The van der Waals surface area contributed by atoms with Crippen LogP contribution in [0.25, 0.3) is 0 Å². The van der Waals surface area contributed by atoms with Gasteiger partial charge in [0.1, 0.15) is 6.04 Å². The fraction of sp³-hybridized carbons (Fsp3) is 0.333. The maximum absolute atomic E-state index is 13.1. The molecule has 0 heterocycles. The largest absolute Gasteiger partial charge is 0.481 e. The number of Topliss-reactive ketones (excluding diaryl/α,β-unsaturated/α-hetero) is 1. The molecule has 1 atom stereocenters. The SMILES string of the molecule is O=C(O)C[C@H](NC(=O)OI)C(=O)COC(=O)c1c(C(F)(F)F)cccc1C(F)(F)F. The number of hydrogen-bond acceptors (Lipinski definition) is 6. The highest BCUT2D eigenvalue weighted by Crippen LogP contribution is 2.39. The molecule has 0 aliphatic rings. The fourth-order valence-electron chi connectivity index (χ4n) is 2.14. The molecule has 0 saturated heterocycles. The molecule has 1 aromatic rings. The summed E-state index contributed by atoms with van der Waals surface area (Å²) in [6, 6.07) is -0.939. The number of halogens is 7. The van der Waals surface area contributed by atoms with E-state index in [1.165, 1.54) is 0 Å². The molecule has 0 aliphatic carbocycles. The minimum absolute atomic E-state index is 0.221. The molecule has 15 heteroatoms. The van der Waals surface area contributed by atoms with Crippen molar-refractivity contribution in [3.63, 3.8) is 0 Å². The molecule has 0 bridgehead atoms. The summed E-state index contributed by atoms with van der Waals surface area (Å²) in [7, 11) is 0. The Hall–Kier alpha value is -2.59. The van der Waals surface area contributed by atoms with Crippen molar-refractivity contribution in [3.05, 3.63) is 34.9 Å². The second kappa shape index (κ2) is 9.94. The molecular weight excluding hydrogens is 547 g/mol. The number of amides is 1. The van der Waals surface area contributed by atoms with Gasteiger partial charge in [-0.2, -0.15) is 26.3 Å². The number of ether oxygens (including phenoxy) is 1. The molecule has 1 amide bonds. The number of nitrogens with one attached hydrogen (secondary N) is 1. The van der Waals surface area contributed by atoms with Gasteiger partial charge in [0, 0.05) is 0 Å². The molecule has 2 N–H and O–H groups in total. The number of carboxylic acids is 1. The lowest BCUT2D eigenvalue weighted by Crippen LogP contribution is -2.43. The number of rotatable bonds is 7. The lowest BCUT2D eigenvalue weighted by Gasteiger charge is -2.18. The highest BCUT2D eigenvalue weighted by molar-refractivity contribution is 14.1. The molecule has 8 nitrogen and oxygen atoms in total. The molecule has 166 valence electrons. The maximum atomic E-state index is 13.1. The summed E-state index contributed by atoms with van der Waals surface area (Å²) in [6.45, 7) is -1.41. The van der Waals surface area contributed by atoms with Crippen LogP contribution in [0.2, 0.25) is 0 Å². The second-order valence-corrected chi connectivity index (χ2v) is 5.87. The number of hydrogen-bond donors (Lipinski definition) is 2. The number of ketones is 1.